The molecular weight excluding hydrogens is 404 g/mol. The first kappa shape index (κ1) is 20.8. The van der Waals surface area contributed by atoms with Crippen LogP contribution in [0.3, 0.4) is 0 Å². The monoisotopic (exact) mass is 432 g/mol. The molecule has 0 spiro atoms. The minimum atomic E-state index is -3.64. The van der Waals surface area contributed by atoms with Gasteiger partial charge < -0.3 is 9.80 Å². The van der Waals surface area contributed by atoms with Gasteiger partial charge in [0.05, 0.1) is 4.90 Å². The van der Waals surface area contributed by atoms with E-state index in [9.17, 15) is 18.0 Å². The van der Waals surface area contributed by atoms with Crippen molar-refractivity contribution in [2.24, 2.45) is 10.9 Å². The second-order valence-electron chi connectivity index (χ2n) is 8.16. The van der Waals surface area contributed by atoms with Crippen molar-refractivity contribution in [3.05, 3.63) is 29.8 Å². The molecule has 4 rings (SSSR count). The standard InChI is InChI=1S/C21H28N4O4S/c1-2-3-7-17(22-19-16-6-4-5-8-18(16)30(28,29)23-19)21(27)25-13-11-24(12-14-25)20(26)15-9-10-15/h4-6,8,15,17H,2-3,7,9-14H2,1H3,(H,22,23)/t17-/m0/s1. The smallest absolute Gasteiger partial charge is 0.263 e. The molecule has 0 radical (unpaired) electrons. The van der Waals surface area contributed by atoms with Crippen LogP contribution in [0.2, 0.25) is 0 Å². The molecule has 9 heteroatoms. The third-order valence-corrected chi connectivity index (χ3v) is 7.29. The molecule has 1 saturated heterocycles. The average Bonchev–Trinajstić information content (AvgIpc) is 3.57. The third kappa shape index (κ3) is 4.21. The first-order valence-corrected chi connectivity index (χ1v) is 12.2. The molecule has 2 aliphatic heterocycles. The summed E-state index contributed by atoms with van der Waals surface area (Å²) in [5.41, 5.74) is 0.506. The van der Waals surface area contributed by atoms with E-state index in [-0.39, 0.29) is 28.5 Å². The molecule has 0 unspecified atom stereocenters. The van der Waals surface area contributed by atoms with Crippen LogP contribution in [-0.4, -0.2) is 68.1 Å². The van der Waals surface area contributed by atoms with Crippen LogP contribution < -0.4 is 4.72 Å². The highest BCUT2D eigenvalue weighted by Crippen LogP contribution is 2.31. The zero-order chi connectivity index (χ0) is 21.3. The van der Waals surface area contributed by atoms with Crippen LogP contribution in [-0.2, 0) is 19.6 Å². The quantitative estimate of drug-likeness (QED) is 0.734. The second kappa shape index (κ2) is 8.37. The van der Waals surface area contributed by atoms with Gasteiger partial charge in [0.1, 0.15) is 11.9 Å². The van der Waals surface area contributed by atoms with Gasteiger partial charge >= 0.3 is 0 Å². The lowest BCUT2D eigenvalue weighted by Crippen LogP contribution is -2.53. The van der Waals surface area contributed by atoms with Gasteiger partial charge in [-0.15, -0.1) is 0 Å². The summed E-state index contributed by atoms with van der Waals surface area (Å²) in [4.78, 5) is 33.9. The Morgan fingerprint density at radius 2 is 1.80 bits per heavy atom. The minimum absolute atomic E-state index is 0.0990. The number of hydrogen-bond donors (Lipinski definition) is 1. The van der Waals surface area contributed by atoms with Crippen molar-refractivity contribution in [2.75, 3.05) is 26.2 Å². The van der Waals surface area contributed by atoms with Crippen LogP contribution in [0.25, 0.3) is 0 Å². The Kier molecular flexibility index (Phi) is 5.81. The number of benzene rings is 1. The summed E-state index contributed by atoms with van der Waals surface area (Å²) in [5.74, 6) is 0.536. The second-order valence-corrected chi connectivity index (χ2v) is 9.81. The highest BCUT2D eigenvalue weighted by molar-refractivity contribution is 7.90. The van der Waals surface area contributed by atoms with Gasteiger partial charge in [-0.3, -0.25) is 19.3 Å². The Balaban J connectivity index is 1.50. The maximum Gasteiger partial charge on any atom is 0.263 e. The van der Waals surface area contributed by atoms with E-state index in [4.69, 9.17) is 0 Å². The van der Waals surface area contributed by atoms with Crippen molar-refractivity contribution in [1.29, 1.82) is 0 Å². The number of fused-ring (bicyclic) bond motifs is 1. The number of piperazine rings is 1. The molecule has 162 valence electrons. The van der Waals surface area contributed by atoms with Crippen LogP contribution in [0.5, 0.6) is 0 Å². The molecule has 0 aromatic heterocycles. The van der Waals surface area contributed by atoms with E-state index in [2.05, 4.69) is 9.71 Å². The molecule has 3 aliphatic rings. The number of aliphatic imine (C=N–C) groups is 1. The van der Waals surface area contributed by atoms with E-state index in [0.29, 0.717) is 38.2 Å². The number of carbonyl (C=O) groups excluding carboxylic acids is 2. The fourth-order valence-corrected chi connectivity index (χ4v) is 5.21. The number of rotatable bonds is 6. The molecule has 1 aliphatic carbocycles. The predicted molar refractivity (Wildman–Crippen MR) is 112 cm³/mol. The molecule has 1 aromatic carbocycles. The summed E-state index contributed by atoms with van der Waals surface area (Å²) in [6.45, 7) is 4.13. The average molecular weight is 433 g/mol. The van der Waals surface area contributed by atoms with E-state index in [1.807, 2.05) is 11.8 Å². The molecule has 1 atom stereocenters. The molecule has 30 heavy (non-hydrogen) atoms. The maximum absolute atomic E-state index is 13.2. The number of nitrogens with one attached hydrogen (secondary N) is 1. The molecule has 1 saturated carbocycles. The fraction of sp³-hybridized carbons (Fsp3) is 0.571. The van der Waals surface area contributed by atoms with E-state index >= 15 is 0 Å². The Morgan fingerprint density at radius 3 is 2.47 bits per heavy atom. The summed E-state index contributed by atoms with van der Waals surface area (Å²) < 4.78 is 27.2. The van der Waals surface area contributed by atoms with Gasteiger partial charge in [0, 0.05) is 37.7 Å². The molecule has 2 fully saturated rings. The van der Waals surface area contributed by atoms with Crippen molar-refractivity contribution in [3.63, 3.8) is 0 Å². The van der Waals surface area contributed by atoms with Crippen molar-refractivity contribution in [1.82, 2.24) is 14.5 Å². The minimum Gasteiger partial charge on any atom is -0.339 e. The van der Waals surface area contributed by atoms with E-state index in [0.717, 1.165) is 25.7 Å². The summed E-state index contributed by atoms with van der Waals surface area (Å²) in [6, 6.07) is 6.03. The lowest BCUT2D eigenvalue weighted by atomic mass is 10.1. The van der Waals surface area contributed by atoms with Gasteiger partial charge in [0.2, 0.25) is 11.8 Å². The Hall–Kier alpha value is -2.42. The van der Waals surface area contributed by atoms with Gasteiger partial charge in [-0.1, -0.05) is 31.9 Å². The molecule has 8 nitrogen and oxygen atoms in total. The van der Waals surface area contributed by atoms with Crippen LogP contribution in [0.4, 0.5) is 0 Å². The summed E-state index contributed by atoms with van der Waals surface area (Å²) >= 11 is 0. The molecule has 1 aromatic rings. The van der Waals surface area contributed by atoms with Crippen LogP contribution in [0.15, 0.2) is 34.2 Å². The first-order valence-electron chi connectivity index (χ1n) is 10.7. The van der Waals surface area contributed by atoms with Crippen LogP contribution in [0.1, 0.15) is 44.6 Å². The molecule has 1 N–H and O–H groups in total. The number of amides is 2. The number of sulfonamides is 1. The lowest BCUT2D eigenvalue weighted by Gasteiger charge is -2.36. The Morgan fingerprint density at radius 1 is 1.13 bits per heavy atom. The Labute approximate surface area is 177 Å². The predicted octanol–water partition coefficient (Wildman–Crippen LogP) is 1.36. The van der Waals surface area contributed by atoms with Gasteiger partial charge in [-0.25, -0.2) is 8.42 Å². The first-order chi connectivity index (χ1) is 14.4. The van der Waals surface area contributed by atoms with Gasteiger partial charge in [-0.2, -0.15) is 0 Å². The van der Waals surface area contributed by atoms with Gasteiger partial charge in [0.25, 0.3) is 10.0 Å². The molecule has 2 heterocycles. The summed E-state index contributed by atoms with van der Waals surface area (Å²) in [6.07, 6.45) is 4.25. The number of hydrogen-bond acceptors (Lipinski definition) is 5. The fourth-order valence-electron chi connectivity index (χ4n) is 3.97. The topological polar surface area (TPSA) is 99.1 Å². The number of unbranched alkanes of at least 4 members (excludes halogenated alkanes) is 1. The Bertz CT molecular complexity index is 963. The van der Waals surface area contributed by atoms with Gasteiger partial charge in [-0.05, 0) is 31.4 Å². The molecular formula is C21H28N4O4S. The van der Waals surface area contributed by atoms with Crippen LogP contribution >= 0.6 is 0 Å². The highest BCUT2D eigenvalue weighted by Gasteiger charge is 2.37. The van der Waals surface area contributed by atoms with Crippen molar-refractivity contribution in [3.8, 4) is 0 Å². The zero-order valence-electron chi connectivity index (χ0n) is 17.2. The van der Waals surface area contributed by atoms with Crippen molar-refractivity contribution < 1.29 is 18.0 Å². The maximum atomic E-state index is 13.2. The van der Waals surface area contributed by atoms with E-state index in [1.54, 1.807) is 29.2 Å². The number of carbonyl (C=O) groups is 2. The summed E-state index contributed by atoms with van der Waals surface area (Å²) in [7, 11) is -3.64. The highest BCUT2D eigenvalue weighted by atomic mass is 32.2. The van der Waals surface area contributed by atoms with Crippen LogP contribution in [0, 0.1) is 5.92 Å². The van der Waals surface area contributed by atoms with Crippen molar-refractivity contribution in [2.45, 2.75) is 50.0 Å². The molecule has 0 bridgehead atoms. The number of nitrogens with zero attached hydrogens (tertiary/aromatic N) is 3. The SMILES string of the molecule is CCCC[C@H](N=C1NS(=O)(=O)c2ccccc21)C(=O)N1CCN(C(=O)C2CC2)CC1. The zero-order valence-corrected chi connectivity index (χ0v) is 18.0. The number of amidine groups is 1. The summed E-state index contributed by atoms with van der Waals surface area (Å²) in [5, 5.41) is 0. The third-order valence-electron chi connectivity index (χ3n) is 5.89. The van der Waals surface area contributed by atoms with E-state index < -0.39 is 16.1 Å². The largest absolute Gasteiger partial charge is 0.339 e. The van der Waals surface area contributed by atoms with Crippen molar-refractivity contribution >= 4 is 27.7 Å². The normalized spacial score (nSPS) is 22.5. The van der Waals surface area contributed by atoms with Gasteiger partial charge in [0.15, 0.2) is 0 Å². The van der Waals surface area contributed by atoms with E-state index in [1.165, 1.54) is 0 Å². The lowest BCUT2D eigenvalue weighted by molar-refractivity contribution is -0.141. The molecule has 2 amide bonds.